The molecule has 1 heterocycles. The summed E-state index contributed by atoms with van der Waals surface area (Å²) in [5, 5.41) is 16.7. The van der Waals surface area contributed by atoms with Crippen molar-refractivity contribution in [2.24, 2.45) is 10.5 Å². The van der Waals surface area contributed by atoms with Crippen molar-refractivity contribution in [2.45, 2.75) is 47.0 Å². The number of hydrogen-bond acceptors (Lipinski definition) is 6. The number of nitro benzene ring substituents is 1. The third kappa shape index (κ3) is 5.82. The quantitative estimate of drug-likeness (QED) is 0.189. The van der Waals surface area contributed by atoms with Crippen molar-refractivity contribution in [3.8, 4) is 5.75 Å². The Kier molecular flexibility index (Phi) is 7.77. The van der Waals surface area contributed by atoms with Crippen molar-refractivity contribution < 1.29 is 9.66 Å². The molecular weight excluding hydrogens is 524 g/mol. The molecule has 1 aromatic heterocycles. The first-order chi connectivity index (χ1) is 15.9. The summed E-state index contributed by atoms with van der Waals surface area (Å²) in [5.74, 6) is 0.484. The van der Waals surface area contributed by atoms with Gasteiger partial charge in [0.05, 0.1) is 28.6 Å². The Morgan fingerprint density at radius 3 is 2.65 bits per heavy atom. The van der Waals surface area contributed by atoms with Crippen LogP contribution in [0.15, 0.2) is 44.7 Å². The molecule has 180 valence electrons. The van der Waals surface area contributed by atoms with E-state index < -0.39 is 4.92 Å². The Labute approximate surface area is 210 Å². The van der Waals surface area contributed by atoms with E-state index in [-0.39, 0.29) is 40.0 Å². The molecule has 0 aliphatic heterocycles. The molecule has 0 amide bonds. The maximum atomic E-state index is 13.4. The van der Waals surface area contributed by atoms with Crippen LogP contribution in [0.1, 0.15) is 58.3 Å². The van der Waals surface area contributed by atoms with Crippen molar-refractivity contribution in [3.05, 3.63) is 71.7 Å². The van der Waals surface area contributed by atoms with Gasteiger partial charge in [-0.05, 0) is 36.1 Å². The highest BCUT2D eigenvalue weighted by molar-refractivity contribution is 9.10. The first-order valence-electron chi connectivity index (χ1n) is 10.8. The van der Waals surface area contributed by atoms with Gasteiger partial charge in [-0.2, -0.15) is 9.78 Å². The fourth-order valence-corrected chi connectivity index (χ4v) is 3.76. The summed E-state index contributed by atoms with van der Waals surface area (Å²) >= 11 is 9.55. The van der Waals surface area contributed by atoms with Crippen molar-refractivity contribution in [1.82, 2.24) is 9.66 Å². The number of benzene rings is 2. The lowest BCUT2D eigenvalue weighted by Gasteiger charge is -2.20. The highest BCUT2D eigenvalue weighted by Crippen LogP contribution is 2.35. The molecule has 0 fully saturated rings. The van der Waals surface area contributed by atoms with Gasteiger partial charge in [0, 0.05) is 27.0 Å². The first-order valence-corrected chi connectivity index (χ1v) is 12.0. The number of rotatable bonds is 7. The highest BCUT2D eigenvalue weighted by Gasteiger charge is 2.23. The molecule has 8 nitrogen and oxygen atoms in total. The summed E-state index contributed by atoms with van der Waals surface area (Å²) in [6.45, 7) is 10.1. The smallest absolute Gasteiger partial charge is 0.313 e. The van der Waals surface area contributed by atoms with Gasteiger partial charge < -0.3 is 4.74 Å². The van der Waals surface area contributed by atoms with Crippen LogP contribution < -0.4 is 10.3 Å². The largest absolute Gasteiger partial charge is 0.486 e. The van der Waals surface area contributed by atoms with E-state index in [2.05, 4.69) is 26.0 Å². The van der Waals surface area contributed by atoms with Crippen LogP contribution in [0.5, 0.6) is 5.75 Å². The van der Waals surface area contributed by atoms with Gasteiger partial charge in [0.25, 0.3) is 5.56 Å². The SMILES string of the molecule is CC[C@H](C)c1nc2ccc(Br)cc2c(=O)n1N=Cc1cc(Cl)cc([N+](=O)[O-])c1OCC(C)(C)C. The van der Waals surface area contributed by atoms with Gasteiger partial charge >= 0.3 is 5.69 Å². The van der Waals surface area contributed by atoms with Crippen LogP contribution in [-0.2, 0) is 0 Å². The number of halogens is 2. The number of nitrogens with zero attached hydrogens (tertiary/aromatic N) is 4. The van der Waals surface area contributed by atoms with Crippen molar-refractivity contribution in [2.75, 3.05) is 6.61 Å². The minimum atomic E-state index is -0.549. The normalized spacial score (nSPS) is 12.9. The van der Waals surface area contributed by atoms with Gasteiger partial charge in [0.1, 0.15) is 5.82 Å². The van der Waals surface area contributed by atoms with E-state index in [1.54, 1.807) is 12.1 Å². The zero-order valence-electron chi connectivity index (χ0n) is 19.6. The van der Waals surface area contributed by atoms with E-state index in [0.29, 0.717) is 22.3 Å². The molecule has 2 aromatic carbocycles. The average Bonchev–Trinajstić information content (AvgIpc) is 2.76. The summed E-state index contributed by atoms with van der Waals surface area (Å²) in [5.41, 5.74) is 0.0141. The molecule has 0 saturated carbocycles. The molecule has 1 atom stereocenters. The summed E-state index contributed by atoms with van der Waals surface area (Å²) in [4.78, 5) is 29.2. The average molecular weight is 550 g/mol. The summed E-state index contributed by atoms with van der Waals surface area (Å²) in [6, 6.07) is 8.06. The molecule has 10 heteroatoms. The lowest BCUT2D eigenvalue weighted by molar-refractivity contribution is -0.385. The molecule has 34 heavy (non-hydrogen) atoms. The van der Waals surface area contributed by atoms with Gasteiger partial charge in [-0.3, -0.25) is 14.9 Å². The number of nitro groups is 1. The number of fused-ring (bicyclic) bond motifs is 1. The van der Waals surface area contributed by atoms with Gasteiger partial charge in [0.2, 0.25) is 5.75 Å². The van der Waals surface area contributed by atoms with Crippen molar-refractivity contribution in [1.29, 1.82) is 0 Å². The highest BCUT2D eigenvalue weighted by atomic mass is 79.9. The minimum Gasteiger partial charge on any atom is -0.486 e. The Morgan fingerprint density at radius 1 is 1.32 bits per heavy atom. The monoisotopic (exact) mass is 548 g/mol. The molecule has 3 rings (SSSR count). The molecular formula is C24H26BrClN4O4. The number of aromatic nitrogens is 2. The second-order valence-electron chi connectivity index (χ2n) is 9.25. The summed E-state index contributed by atoms with van der Waals surface area (Å²) in [7, 11) is 0. The van der Waals surface area contributed by atoms with Gasteiger partial charge in [-0.15, -0.1) is 0 Å². The second kappa shape index (κ2) is 10.2. The Hall–Kier alpha value is -2.78. The molecule has 3 aromatic rings. The Bertz CT molecular complexity index is 1330. The first kappa shape index (κ1) is 25.8. The van der Waals surface area contributed by atoms with E-state index in [0.717, 1.165) is 10.9 Å². The van der Waals surface area contributed by atoms with Crippen LogP contribution in [0, 0.1) is 15.5 Å². The van der Waals surface area contributed by atoms with E-state index in [9.17, 15) is 14.9 Å². The third-order valence-electron chi connectivity index (χ3n) is 5.11. The van der Waals surface area contributed by atoms with Crippen LogP contribution in [0.2, 0.25) is 5.02 Å². The summed E-state index contributed by atoms with van der Waals surface area (Å²) < 4.78 is 7.84. The Balaban J connectivity index is 2.22. The number of hydrogen-bond donors (Lipinski definition) is 0. The predicted molar refractivity (Wildman–Crippen MR) is 138 cm³/mol. The maximum absolute atomic E-state index is 13.4. The Morgan fingerprint density at radius 2 is 2.03 bits per heavy atom. The van der Waals surface area contributed by atoms with E-state index in [1.165, 1.54) is 23.0 Å². The van der Waals surface area contributed by atoms with Gasteiger partial charge in [-0.25, -0.2) is 4.98 Å². The third-order valence-corrected chi connectivity index (χ3v) is 5.82. The van der Waals surface area contributed by atoms with E-state index in [1.807, 2.05) is 40.7 Å². The molecule has 0 saturated heterocycles. The summed E-state index contributed by atoms with van der Waals surface area (Å²) in [6.07, 6.45) is 2.10. The van der Waals surface area contributed by atoms with Crippen LogP contribution >= 0.6 is 27.5 Å². The minimum absolute atomic E-state index is 0.0442. The maximum Gasteiger partial charge on any atom is 0.313 e. The van der Waals surface area contributed by atoms with Gasteiger partial charge in [0.15, 0.2) is 0 Å². The van der Waals surface area contributed by atoms with Crippen LogP contribution in [0.4, 0.5) is 5.69 Å². The second-order valence-corrected chi connectivity index (χ2v) is 10.6. The molecule has 0 N–H and O–H groups in total. The topological polar surface area (TPSA) is 99.6 Å². The molecule has 0 bridgehead atoms. The molecule has 0 spiro atoms. The molecule has 0 aliphatic carbocycles. The lowest BCUT2D eigenvalue weighted by Crippen LogP contribution is -2.24. The molecule has 0 radical (unpaired) electrons. The predicted octanol–water partition coefficient (Wildman–Crippen LogP) is 6.54. The molecule has 0 unspecified atom stereocenters. The standard InChI is InChI=1S/C24H26BrClN4O4/c1-6-14(2)22-28-19-8-7-16(25)10-18(19)23(31)29(22)27-12-15-9-17(26)11-20(30(32)33)21(15)34-13-24(3,4)5/h7-12,14H,6,13H2,1-5H3/t14-/m0/s1. The fraction of sp³-hybridized carbons (Fsp3) is 0.375. The fourth-order valence-electron chi connectivity index (χ4n) is 3.18. The van der Waals surface area contributed by atoms with Crippen LogP contribution in [0.25, 0.3) is 10.9 Å². The zero-order valence-corrected chi connectivity index (χ0v) is 22.0. The van der Waals surface area contributed by atoms with Gasteiger partial charge in [-0.1, -0.05) is 62.1 Å². The van der Waals surface area contributed by atoms with Crippen molar-refractivity contribution in [3.63, 3.8) is 0 Å². The van der Waals surface area contributed by atoms with Crippen molar-refractivity contribution >= 4 is 50.3 Å². The van der Waals surface area contributed by atoms with E-state index in [4.69, 9.17) is 16.3 Å². The number of ether oxygens (including phenoxy) is 1. The van der Waals surface area contributed by atoms with E-state index >= 15 is 0 Å². The van der Waals surface area contributed by atoms with Crippen LogP contribution in [-0.4, -0.2) is 27.4 Å². The van der Waals surface area contributed by atoms with Crippen LogP contribution in [0.3, 0.4) is 0 Å². The lowest BCUT2D eigenvalue weighted by atomic mass is 9.98. The molecule has 0 aliphatic rings. The zero-order chi connectivity index (χ0) is 25.2.